The van der Waals surface area contributed by atoms with Crippen molar-refractivity contribution in [3.63, 3.8) is 0 Å². The minimum Gasteiger partial charge on any atom is -0.396 e. The van der Waals surface area contributed by atoms with Gasteiger partial charge in [-0.25, -0.2) is 10.8 Å². The van der Waals surface area contributed by atoms with Gasteiger partial charge in [-0.2, -0.15) is 0 Å². The summed E-state index contributed by atoms with van der Waals surface area (Å²) in [6.07, 6.45) is 10.1. The topological polar surface area (TPSA) is 68.2 Å². The lowest BCUT2D eigenvalue weighted by atomic mass is 10.3. The second-order valence-electron chi connectivity index (χ2n) is 3.49. The molecule has 4 nitrogen and oxygen atoms in total. The van der Waals surface area contributed by atoms with Crippen molar-refractivity contribution in [1.29, 1.82) is 0 Å². The van der Waals surface area contributed by atoms with E-state index < -0.39 is 0 Å². The molecule has 0 aliphatic rings. The van der Waals surface area contributed by atoms with Crippen molar-refractivity contribution in [3.8, 4) is 0 Å². The van der Waals surface area contributed by atoms with Gasteiger partial charge >= 0.3 is 0 Å². The normalized spacial score (nSPS) is 11.8. The summed E-state index contributed by atoms with van der Waals surface area (Å²) in [6, 6.07) is 3.52. The third-order valence-corrected chi connectivity index (χ3v) is 2.67. The standard InChI is InChI=1S/C13H17BrN4/c1-2-11(7-4-3-5-9-14)18(16)13-12(15)8-6-10-17-13/h2-4,6-8,10H,1,5,9,15-16H2/b4-3-,11-7+. The highest BCUT2D eigenvalue weighted by Gasteiger charge is 2.08. The summed E-state index contributed by atoms with van der Waals surface area (Å²) in [5.41, 5.74) is 7.07. The van der Waals surface area contributed by atoms with Gasteiger partial charge in [0.2, 0.25) is 0 Å². The Bertz CT molecular complexity index is 454. The highest BCUT2D eigenvalue weighted by molar-refractivity contribution is 9.09. The van der Waals surface area contributed by atoms with E-state index in [9.17, 15) is 0 Å². The van der Waals surface area contributed by atoms with Crippen molar-refractivity contribution in [1.82, 2.24) is 4.98 Å². The van der Waals surface area contributed by atoms with Gasteiger partial charge in [0.05, 0.1) is 11.4 Å². The van der Waals surface area contributed by atoms with Crippen LogP contribution in [0.3, 0.4) is 0 Å². The summed E-state index contributed by atoms with van der Waals surface area (Å²) in [7, 11) is 0. The number of halogens is 1. The number of allylic oxidation sites excluding steroid dienone is 4. The molecule has 1 aromatic heterocycles. The molecule has 1 aromatic rings. The number of hydrogen-bond acceptors (Lipinski definition) is 4. The minimum absolute atomic E-state index is 0.512. The van der Waals surface area contributed by atoms with Crippen LogP contribution in [-0.2, 0) is 0 Å². The van der Waals surface area contributed by atoms with E-state index in [4.69, 9.17) is 11.6 Å². The van der Waals surface area contributed by atoms with Gasteiger partial charge in [-0.05, 0) is 30.7 Å². The number of alkyl halides is 1. The maximum Gasteiger partial charge on any atom is 0.170 e. The molecule has 1 heterocycles. The molecule has 96 valence electrons. The van der Waals surface area contributed by atoms with Crippen LogP contribution in [0.1, 0.15) is 6.42 Å². The molecule has 0 unspecified atom stereocenters. The van der Waals surface area contributed by atoms with Gasteiger partial charge in [-0.3, -0.25) is 5.01 Å². The fraction of sp³-hybridized carbons (Fsp3) is 0.154. The molecule has 0 saturated heterocycles. The van der Waals surface area contributed by atoms with Crippen molar-refractivity contribution < 1.29 is 0 Å². The van der Waals surface area contributed by atoms with E-state index in [1.165, 1.54) is 5.01 Å². The molecule has 4 N–H and O–H groups in total. The number of hydrogen-bond donors (Lipinski definition) is 2. The third-order valence-electron chi connectivity index (χ3n) is 2.21. The Balaban J connectivity index is 2.89. The highest BCUT2D eigenvalue weighted by Crippen LogP contribution is 2.20. The van der Waals surface area contributed by atoms with Crippen LogP contribution in [0.25, 0.3) is 0 Å². The maximum atomic E-state index is 5.97. The second-order valence-corrected chi connectivity index (χ2v) is 4.28. The molecule has 18 heavy (non-hydrogen) atoms. The average molecular weight is 309 g/mol. The number of hydrazine groups is 1. The number of nitrogen functional groups attached to an aromatic ring is 1. The average Bonchev–Trinajstić information content (AvgIpc) is 2.39. The quantitative estimate of drug-likeness (QED) is 0.367. The Morgan fingerprint density at radius 1 is 1.56 bits per heavy atom. The predicted octanol–water partition coefficient (Wildman–Crippen LogP) is 2.75. The fourth-order valence-corrected chi connectivity index (χ4v) is 1.57. The molecular formula is C13H17BrN4. The molecular weight excluding hydrogens is 292 g/mol. The lowest BCUT2D eigenvalue weighted by Crippen LogP contribution is -2.30. The first-order valence-corrected chi connectivity index (χ1v) is 6.63. The van der Waals surface area contributed by atoms with E-state index in [-0.39, 0.29) is 0 Å². The van der Waals surface area contributed by atoms with Gasteiger partial charge in [-0.1, -0.05) is 34.7 Å². The van der Waals surface area contributed by atoms with Gasteiger partial charge in [0.15, 0.2) is 5.82 Å². The summed E-state index contributed by atoms with van der Waals surface area (Å²) >= 11 is 3.36. The van der Waals surface area contributed by atoms with Gasteiger partial charge in [0.25, 0.3) is 0 Å². The summed E-state index contributed by atoms with van der Waals surface area (Å²) in [6.45, 7) is 3.73. The molecule has 0 bridgehead atoms. The second kappa shape index (κ2) is 7.68. The number of anilines is 2. The zero-order valence-corrected chi connectivity index (χ0v) is 11.7. The molecule has 0 aliphatic carbocycles. The highest BCUT2D eigenvalue weighted by atomic mass is 79.9. The van der Waals surface area contributed by atoms with E-state index in [1.54, 1.807) is 24.4 Å². The van der Waals surface area contributed by atoms with E-state index in [0.717, 1.165) is 17.4 Å². The number of nitrogens with two attached hydrogens (primary N) is 2. The number of nitrogens with zero attached hydrogens (tertiary/aromatic N) is 2. The zero-order chi connectivity index (χ0) is 13.4. The fourth-order valence-electron chi connectivity index (χ4n) is 1.31. The Kier molecular flexibility index (Phi) is 6.18. The Hall–Kier alpha value is -1.59. The lowest BCUT2D eigenvalue weighted by Gasteiger charge is -2.19. The molecule has 0 amide bonds. The minimum atomic E-state index is 0.512. The van der Waals surface area contributed by atoms with Crippen LogP contribution in [0, 0.1) is 0 Å². The molecule has 0 radical (unpaired) electrons. The molecule has 1 rings (SSSR count). The van der Waals surface area contributed by atoms with E-state index >= 15 is 0 Å². The summed E-state index contributed by atoms with van der Waals surface area (Å²) in [5, 5.41) is 2.35. The number of aromatic nitrogens is 1. The van der Waals surface area contributed by atoms with Crippen LogP contribution >= 0.6 is 15.9 Å². The number of rotatable bonds is 6. The van der Waals surface area contributed by atoms with Crippen LogP contribution in [0.4, 0.5) is 11.5 Å². The summed E-state index contributed by atoms with van der Waals surface area (Å²) < 4.78 is 0. The van der Waals surface area contributed by atoms with Crippen LogP contribution in [0.2, 0.25) is 0 Å². The largest absolute Gasteiger partial charge is 0.396 e. The molecule has 0 saturated carbocycles. The summed E-state index contributed by atoms with van der Waals surface area (Å²) in [5.74, 6) is 6.49. The smallest absolute Gasteiger partial charge is 0.170 e. The van der Waals surface area contributed by atoms with E-state index in [2.05, 4.69) is 27.5 Å². The Morgan fingerprint density at radius 2 is 2.33 bits per heavy atom. The summed E-state index contributed by atoms with van der Waals surface area (Å²) in [4.78, 5) is 4.15. The van der Waals surface area contributed by atoms with Crippen molar-refractivity contribution in [2.45, 2.75) is 6.42 Å². The van der Waals surface area contributed by atoms with Gasteiger partial charge < -0.3 is 5.73 Å². The van der Waals surface area contributed by atoms with Crippen LogP contribution < -0.4 is 16.6 Å². The van der Waals surface area contributed by atoms with E-state index in [1.807, 2.05) is 18.2 Å². The van der Waals surface area contributed by atoms with Crippen molar-refractivity contribution in [3.05, 3.63) is 54.9 Å². The Morgan fingerprint density at radius 3 is 2.94 bits per heavy atom. The molecule has 0 atom stereocenters. The van der Waals surface area contributed by atoms with Gasteiger partial charge in [0.1, 0.15) is 0 Å². The molecule has 0 aliphatic heterocycles. The monoisotopic (exact) mass is 308 g/mol. The Labute approximate surface area is 116 Å². The van der Waals surface area contributed by atoms with Crippen LogP contribution in [0.15, 0.2) is 54.9 Å². The van der Waals surface area contributed by atoms with Crippen molar-refractivity contribution in [2.24, 2.45) is 5.84 Å². The van der Waals surface area contributed by atoms with Crippen molar-refractivity contribution >= 4 is 27.4 Å². The third kappa shape index (κ3) is 4.01. The molecule has 0 aromatic carbocycles. The first-order chi connectivity index (χ1) is 8.70. The SMILES string of the molecule is C=C/C(=C\C=C/CCBr)N(N)c1ncccc1N. The zero-order valence-electron chi connectivity index (χ0n) is 10.1. The number of pyridine rings is 1. The van der Waals surface area contributed by atoms with Gasteiger partial charge in [0, 0.05) is 11.5 Å². The maximum absolute atomic E-state index is 5.97. The first-order valence-electron chi connectivity index (χ1n) is 5.51. The van der Waals surface area contributed by atoms with Crippen molar-refractivity contribution in [2.75, 3.05) is 16.1 Å². The van der Waals surface area contributed by atoms with Crippen LogP contribution in [-0.4, -0.2) is 10.3 Å². The van der Waals surface area contributed by atoms with Crippen LogP contribution in [0.5, 0.6) is 0 Å². The van der Waals surface area contributed by atoms with E-state index in [0.29, 0.717) is 11.5 Å². The predicted molar refractivity (Wildman–Crippen MR) is 81.1 cm³/mol. The van der Waals surface area contributed by atoms with Gasteiger partial charge in [-0.15, -0.1) is 0 Å². The lowest BCUT2D eigenvalue weighted by molar-refractivity contribution is 0.991. The molecule has 0 fully saturated rings. The molecule has 5 heteroatoms. The molecule has 0 spiro atoms. The first kappa shape index (κ1) is 14.5.